The lowest BCUT2D eigenvalue weighted by atomic mass is 9.98. The zero-order valence-corrected chi connectivity index (χ0v) is 9.87. The Balaban J connectivity index is 1.88. The summed E-state index contributed by atoms with van der Waals surface area (Å²) in [6.07, 6.45) is 8.28. The van der Waals surface area contributed by atoms with Gasteiger partial charge in [0.05, 0.1) is 0 Å². The number of likely N-dealkylation sites (tertiary alicyclic amines) is 1. The van der Waals surface area contributed by atoms with E-state index in [1.165, 1.54) is 32.2 Å². The molecule has 0 aromatic carbocycles. The van der Waals surface area contributed by atoms with E-state index in [0.717, 1.165) is 25.8 Å². The van der Waals surface area contributed by atoms with Gasteiger partial charge >= 0.3 is 0 Å². The average Bonchev–Trinajstić information content (AvgIpc) is 2.50. The summed E-state index contributed by atoms with van der Waals surface area (Å²) >= 11 is 0. The minimum atomic E-state index is 0.355. The van der Waals surface area contributed by atoms with Crippen molar-refractivity contribution in [3.63, 3.8) is 0 Å². The van der Waals surface area contributed by atoms with E-state index in [4.69, 9.17) is 0 Å². The summed E-state index contributed by atoms with van der Waals surface area (Å²) in [5.41, 5.74) is 0. The van der Waals surface area contributed by atoms with Crippen molar-refractivity contribution in [1.82, 2.24) is 4.90 Å². The molecular formula is C13H23NO. The first-order valence-electron chi connectivity index (χ1n) is 6.54. The molecule has 0 radical (unpaired) electrons. The van der Waals surface area contributed by atoms with Crippen LogP contribution in [0, 0.1) is 5.92 Å². The van der Waals surface area contributed by atoms with Crippen LogP contribution in [0.1, 0.15) is 51.9 Å². The van der Waals surface area contributed by atoms with Gasteiger partial charge in [0, 0.05) is 24.9 Å². The Bertz CT molecular complexity index is 227. The topological polar surface area (TPSA) is 20.3 Å². The van der Waals surface area contributed by atoms with Crippen LogP contribution in [0.2, 0.25) is 0 Å². The molecule has 2 rings (SSSR count). The van der Waals surface area contributed by atoms with E-state index < -0.39 is 0 Å². The standard InChI is InChI=1S/C13H23NO/c1-11-6-5-9-14(11)10-12-7-3-2-4-8-13(12)15/h11-12H,2-10H2,1H3. The monoisotopic (exact) mass is 209 g/mol. The van der Waals surface area contributed by atoms with Gasteiger partial charge in [-0.15, -0.1) is 0 Å². The van der Waals surface area contributed by atoms with Crippen LogP contribution >= 0.6 is 0 Å². The van der Waals surface area contributed by atoms with Crippen LogP contribution < -0.4 is 0 Å². The highest BCUT2D eigenvalue weighted by molar-refractivity contribution is 5.81. The number of Topliss-reactive ketones (excluding diaryl/α,β-unsaturated/α-hetero) is 1. The Labute approximate surface area is 93.0 Å². The third kappa shape index (κ3) is 2.81. The first-order chi connectivity index (χ1) is 7.27. The second-order valence-electron chi connectivity index (χ2n) is 5.25. The second-order valence-corrected chi connectivity index (χ2v) is 5.25. The molecule has 2 aliphatic rings. The molecule has 0 aromatic heterocycles. The largest absolute Gasteiger partial charge is 0.300 e. The van der Waals surface area contributed by atoms with Crippen LogP contribution in [0.3, 0.4) is 0 Å². The van der Waals surface area contributed by atoms with Crippen LogP contribution in [0.15, 0.2) is 0 Å². The van der Waals surface area contributed by atoms with Gasteiger partial charge in [-0.1, -0.05) is 12.8 Å². The Morgan fingerprint density at radius 3 is 2.80 bits per heavy atom. The quantitative estimate of drug-likeness (QED) is 0.652. The summed E-state index contributed by atoms with van der Waals surface area (Å²) in [6.45, 7) is 4.55. The summed E-state index contributed by atoms with van der Waals surface area (Å²) in [7, 11) is 0. The van der Waals surface area contributed by atoms with E-state index in [1.54, 1.807) is 0 Å². The molecule has 86 valence electrons. The molecule has 2 unspecified atom stereocenters. The number of carbonyl (C=O) groups excluding carboxylic acids is 1. The third-order valence-electron chi connectivity index (χ3n) is 4.08. The molecule has 0 bridgehead atoms. The first-order valence-corrected chi connectivity index (χ1v) is 6.54. The Morgan fingerprint density at radius 2 is 2.07 bits per heavy atom. The molecule has 1 saturated carbocycles. The number of carbonyl (C=O) groups is 1. The predicted molar refractivity (Wildman–Crippen MR) is 61.9 cm³/mol. The van der Waals surface area contributed by atoms with Gasteiger partial charge < -0.3 is 0 Å². The van der Waals surface area contributed by atoms with Gasteiger partial charge in [-0.05, 0) is 39.2 Å². The summed E-state index contributed by atoms with van der Waals surface area (Å²) in [5, 5.41) is 0. The van der Waals surface area contributed by atoms with Crippen molar-refractivity contribution < 1.29 is 4.79 Å². The van der Waals surface area contributed by atoms with E-state index in [1.807, 2.05) is 0 Å². The molecule has 15 heavy (non-hydrogen) atoms. The van der Waals surface area contributed by atoms with Crippen molar-refractivity contribution in [2.24, 2.45) is 5.92 Å². The summed E-state index contributed by atoms with van der Waals surface area (Å²) in [5.74, 6) is 0.889. The lowest BCUT2D eigenvalue weighted by Gasteiger charge is -2.25. The van der Waals surface area contributed by atoms with Crippen molar-refractivity contribution in [3.05, 3.63) is 0 Å². The maximum Gasteiger partial charge on any atom is 0.137 e. The van der Waals surface area contributed by atoms with Crippen LogP contribution in [0.5, 0.6) is 0 Å². The average molecular weight is 209 g/mol. The van der Waals surface area contributed by atoms with Crippen molar-refractivity contribution in [1.29, 1.82) is 0 Å². The normalized spacial score (nSPS) is 34.3. The van der Waals surface area contributed by atoms with Gasteiger partial charge in [-0.3, -0.25) is 9.69 Å². The molecule has 2 heteroatoms. The molecule has 1 aliphatic carbocycles. The number of hydrogen-bond acceptors (Lipinski definition) is 2. The van der Waals surface area contributed by atoms with E-state index in [0.29, 0.717) is 17.7 Å². The zero-order valence-electron chi connectivity index (χ0n) is 9.87. The fraction of sp³-hybridized carbons (Fsp3) is 0.923. The van der Waals surface area contributed by atoms with E-state index in [-0.39, 0.29) is 0 Å². The highest BCUT2D eigenvalue weighted by Gasteiger charge is 2.27. The van der Waals surface area contributed by atoms with Crippen LogP contribution in [0.25, 0.3) is 0 Å². The summed E-state index contributed by atoms with van der Waals surface area (Å²) < 4.78 is 0. The molecule has 2 nitrogen and oxygen atoms in total. The van der Waals surface area contributed by atoms with Gasteiger partial charge in [0.15, 0.2) is 0 Å². The molecule has 0 amide bonds. The molecule has 0 N–H and O–H groups in total. The van der Waals surface area contributed by atoms with Gasteiger partial charge in [0.25, 0.3) is 0 Å². The Hall–Kier alpha value is -0.370. The molecule has 1 aliphatic heterocycles. The Kier molecular flexibility index (Phi) is 3.79. The molecular weight excluding hydrogens is 186 g/mol. The van der Waals surface area contributed by atoms with Crippen LogP contribution in [-0.4, -0.2) is 29.8 Å². The molecule has 0 spiro atoms. The highest BCUT2D eigenvalue weighted by atomic mass is 16.1. The Morgan fingerprint density at radius 1 is 1.20 bits per heavy atom. The predicted octanol–water partition coefficient (Wildman–Crippen LogP) is 2.62. The van der Waals surface area contributed by atoms with Gasteiger partial charge in [0.1, 0.15) is 5.78 Å². The lowest BCUT2D eigenvalue weighted by molar-refractivity contribution is -0.123. The SMILES string of the molecule is CC1CCCN1CC1CCCCCC1=O. The second kappa shape index (κ2) is 5.11. The minimum absolute atomic E-state index is 0.355. The van der Waals surface area contributed by atoms with Crippen molar-refractivity contribution >= 4 is 5.78 Å². The molecule has 1 saturated heterocycles. The molecule has 2 fully saturated rings. The minimum Gasteiger partial charge on any atom is -0.300 e. The maximum atomic E-state index is 11.9. The fourth-order valence-corrected chi connectivity index (χ4v) is 2.97. The smallest absolute Gasteiger partial charge is 0.137 e. The van der Waals surface area contributed by atoms with Crippen molar-refractivity contribution in [2.45, 2.75) is 57.9 Å². The van der Waals surface area contributed by atoms with E-state index in [2.05, 4.69) is 11.8 Å². The zero-order chi connectivity index (χ0) is 10.7. The summed E-state index contributed by atoms with van der Waals surface area (Å²) in [4.78, 5) is 14.4. The summed E-state index contributed by atoms with van der Waals surface area (Å²) in [6, 6.07) is 0.709. The van der Waals surface area contributed by atoms with E-state index >= 15 is 0 Å². The van der Waals surface area contributed by atoms with Crippen LogP contribution in [0.4, 0.5) is 0 Å². The third-order valence-corrected chi connectivity index (χ3v) is 4.08. The van der Waals surface area contributed by atoms with Gasteiger partial charge in [-0.2, -0.15) is 0 Å². The highest BCUT2D eigenvalue weighted by Crippen LogP contribution is 2.24. The lowest BCUT2D eigenvalue weighted by Crippen LogP contribution is -2.34. The van der Waals surface area contributed by atoms with Crippen molar-refractivity contribution in [3.8, 4) is 0 Å². The van der Waals surface area contributed by atoms with Gasteiger partial charge in [0.2, 0.25) is 0 Å². The number of rotatable bonds is 2. The first kappa shape index (κ1) is 11.1. The van der Waals surface area contributed by atoms with Crippen LogP contribution in [-0.2, 0) is 4.79 Å². The van der Waals surface area contributed by atoms with Crippen molar-refractivity contribution in [2.75, 3.05) is 13.1 Å². The van der Waals surface area contributed by atoms with Gasteiger partial charge in [-0.25, -0.2) is 0 Å². The van der Waals surface area contributed by atoms with E-state index in [9.17, 15) is 4.79 Å². The maximum absolute atomic E-state index is 11.9. The molecule has 1 heterocycles. The number of hydrogen-bond donors (Lipinski definition) is 0. The molecule has 2 atom stereocenters. The molecule has 0 aromatic rings. The fourth-order valence-electron chi connectivity index (χ4n) is 2.97. The number of ketones is 1. The number of nitrogens with zero attached hydrogens (tertiary/aromatic N) is 1.